The highest BCUT2D eigenvalue weighted by Crippen LogP contribution is 2.25. The first-order valence-corrected chi connectivity index (χ1v) is 8.27. The minimum Gasteiger partial charge on any atom is -0.463 e. The molecule has 0 aromatic rings. The van der Waals surface area contributed by atoms with Crippen molar-refractivity contribution in [2.45, 2.75) is 65.4 Å². The van der Waals surface area contributed by atoms with Crippen LogP contribution in [0.2, 0.25) is 0 Å². The van der Waals surface area contributed by atoms with Gasteiger partial charge in [-0.05, 0) is 12.5 Å². The van der Waals surface area contributed by atoms with Crippen LogP contribution in [0.4, 0.5) is 0 Å². The lowest BCUT2D eigenvalue weighted by atomic mass is 10.1. The highest BCUT2D eigenvalue weighted by molar-refractivity contribution is 5.74. The molecule has 1 heterocycles. The van der Waals surface area contributed by atoms with Crippen LogP contribution in [0.1, 0.15) is 41.0 Å². The molecule has 9 heteroatoms. The Morgan fingerprint density at radius 1 is 1.04 bits per heavy atom. The second kappa shape index (κ2) is 9.91. The number of carbonyl (C=O) groups excluding carboxylic acids is 4. The molecule has 0 fully saturated rings. The quantitative estimate of drug-likeness (QED) is 0.533. The van der Waals surface area contributed by atoms with Gasteiger partial charge in [0, 0.05) is 27.7 Å². The van der Waals surface area contributed by atoms with Crippen molar-refractivity contribution in [3.8, 4) is 0 Å². The molecule has 1 aliphatic rings. The van der Waals surface area contributed by atoms with Crippen LogP contribution in [0.5, 0.6) is 0 Å². The van der Waals surface area contributed by atoms with Gasteiger partial charge in [0.25, 0.3) is 0 Å². The molecule has 1 N–H and O–H groups in total. The average Bonchev–Trinajstić information content (AvgIpc) is 2.62. The van der Waals surface area contributed by atoms with Crippen LogP contribution in [-0.4, -0.2) is 54.8 Å². The van der Waals surface area contributed by atoms with Gasteiger partial charge in [-0.3, -0.25) is 19.2 Å². The van der Waals surface area contributed by atoms with E-state index in [4.69, 9.17) is 18.9 Å². The molecule has 0 unspecified atom stereocenters. The summed E-state index contributed by atoms with van der Waals surface area (Å²) in [5.74, 6) is -1.94. The van der Waals surface area contributed by atoms with Gasteiger partial charge in [0.1, 0.15) is 24.5 Å². The number of amides is 1. The van der Waals surface area contributed by atoms with E-state index in [1.54, 1.807) is 0 Å². The van der Waals surface area contributed by atoms with Crippen LogP contribution < -0.4 is 5.32 Å². The Kier molecular flexibility index (Phi) is 8.24. The van der Waals surface area contributed by atoms with Gasteiger partial charge in [-0.15, -0.1) is 0 Å². The molecule has 0 saturated heterocycles. The summed E-state index contributed by atoms with van der Waals surface area (Å²) >= 11 is 0. The molecule has 1 aliphatic heterocycles. The molecule has 4 atom stereocenters. The van der Waals surface area contributed by atoms with Crippen molar-refractivity contribution in [1.29, 1.82) is 0 Å². The first kappa shape index (κ1) is 21.6. The molecule has 0 aromatic carbocycles. The molecule has 0 saturated carbocycles. The van der Waals surface area contributed by atoms with Crippen molar-refractivity contribution < 1.29 is 38.1 Å². The van der Waals surface area contributed by atoms with Gasteiger partial charge in [-0.2, -0.15) is 0 Å². The summed E-state index contributed by atoms with van der Waals surface area (Å²) in [5.41, 5.74) is 0. The lowest BCUT2D eigenvalue weighted by Crippen LogP contribution is -2.46. The van der Waals surface area contributed by atoms with Gasteiger partial charge in [0.15, 0.2) is 6.10 Å². The van der Waals surface area contributed by atoms with Gasteiger partial charge < -0.3 is 24.3 Å². The predicted molar refractivity (Wildman–Crippen MR) is 88.6 cm³/mol. The molecule has 0 spiro atoms. The molecule has 1 rings (SSSR count). The predicted octanol–water partition coefficient (Wildman–Crippen LogP) is 0.610. The molecule has 146 valence electrons. The zero-order chi connectivity index (χ0) is 19.9. The largest absolute Gasteiger partial charge is 0.463 e. The van der Waals surface area contributed by atoms with Crippen LogP contribution in [0.3, 0.4) is 0 Å². The Bertz CT molecular complexity index is 585. The summed E-state index contributed by atoms with van der Waals surface area (Å²) in [7, 11) is 0. The molecule has 26 heavy (non-hydrogen) atoms. The molecular formula is C17H25NO8. The highest BCUT2D eigenvalue weighted by atomic mass is 16.6. The van der Waals surface area contributed by atoms with E-state index in [-0.39, 0.29) is 18.3 Å². The number of carbonyl (C=O) groups is 4. The van der Waals surface area contributed by atoms with Gasteiger partial charge in [0.05, 0.1) is 6.10 Å². The second-order valence-electron chi connectivity index (χ2n) is 5.84. The summed E-state index contributed by atoms with van der Waals surface area (Å²) in [6.45, 7) is 6.66. The Balaban J connectivity index is 3.29. The van der Waals surface area contributed by atoms with Gasteiger partial charge >= 0.3 is 17.9 Å². The van der Waals surface area contributed by atoms with E-state index in [0.717, 1.165) is 0 Å². The van der Waals surface area contributed by atoms with Crippen molar-refractivity contribution >= 4 is 23.8 Å². The standard InChI is InChI=1S/C17H25NO8/c1-6-13-17(18-9(2)19)15(25-12(5)22)7-14(24-11(4)21)16(26-13)8-23-10(3)20/h7,13-14,16-17H,6,8H2,1-5H3,(H,18,19)/t13-,14+,16+,17-/m0/s1. The lowest BCUT2D eigenvalue weighted by Gasteiger charge is -2.29. The Hall–Kier alpha value is -2.42. The van der Waals surface area contributed by atoms with Gasteiger partial charge in [0.2, 0.25) is 5.91 Å². The summed E-state index contributed by atoms with van der Waals surface area (Å²) in [4.78, 5) is 45.7. The third-order valence-electron chi connectivity index (χ3n) is 3.50. The molecule has 0 bridgehead atoms. The first-order chi connectivity index (χ1) is 12.1. The minimum atomic E-state index is -0.964. The zero-order valence-corrected chi connectivity index (χ0v) is 15.6. The van der Waals surface area contributed by atoms with E-state index >= 15 is 0 Å². The van der Waals surface area contributed by atoms with Gasteiger partial charge in [-0.25, -0.2) is 0 Å². The van der Waals surface area contributed by atoms with E-state index in [2.05, 4.69) is 5.32 Å². The fourth-order valence-corrected chi connectivity index (χ4v) is 2.55. The Morgan fingerprint density at radius 2 is 1.69 bits per heavy atom. The third kappa shape index (κ3) is 6.83. The van der Waals surface area contributed by atoms with Crippen molar-refractivity contribution in [3.63, 3.8) is 0 Å². The number of ether oxygens (including phenoxy) is 4. The average molecular weight is 371 g/mol. The highest BCUT2D eigenvalue weighted by Gasteiger charge is 2.38. The maximum atomic E-state index is 11.6. The third-order valence-corrected chi connectivity index (χ3v) is 3.50. The maximum Gasteiger partial charge on any atom is 0.307 e. The monoisotopic (exact) mass is 371 g/mol. The number of esters is 3. The normalized spacial score (nSPS) is 25.3. The Labute approximate surface area is 152 Å². The van der Waals surface area contributed by atoms with Crippen LogP contribution in [-0.2, 0) is 38.1 Å². The fraction of sp³-hybridized carbons (Fsp3) is 0.647. The Morgan fingerprint density at radius 3 is 2.15 bits per heavy atom. The van der Waals surface area contributed by atoms with Crippen molar-refractivity contribution in [1.82, 2.24) is 5.32 Å². The summed E-state index contributed by atoms with van der Waals surface area (Å²) in [5, 5.41) is 2.68. The maximum absolute atomic E-state index is 11.6. The molecule has 0 aromatic heterocycles. The molecule has 9 nitrogen and oxygen atoms in total. The van der Waals surface area contributed by atoms with Crippen molar-refractivity contribution in [2.75, 3.05) is 6.61 Å². The van der Waals surface area contributed by atoms with Crippen LogP contribution in [0.15, 0.2) is 11.8 Å². The number of nitrogens with one attached hydrogen (secondary N) is 1. The molecular weight excluding hydrogens is 346 g/mol. The second-order valence-corrected chi connectivity index (χ2v) is 5.84. The number of rotatable bonds is 6. The van der Waals surface area contributed by atoms with E-state index in [1.807, 2.05) is 6.92 Å². The SMILES string of the molecule is CC[C@@H]1O[C@H](COC(C)=O)[C@H](OC(C)=O)C=C(OC(C)=O)[C@H]1NC(C)=O. The first-order valence-electron chi connectivity index (χ1n) is 8.27. The van der Waals surface area contributed by atoms with E-state index < -0.39 is 42.3 Å². The van der Waals surface area contributed by atoms with E-state index in [0.29, 0.717) is 6.42 Å². The summed E-state index contributed by atoms with van der Waals surface area (Å²) in [6.07, 6.45) is -0.531. The summed E-state index contributed by atoms with van der Waals surface area (Å²) in [6, 6.07) is -0.762. The smallest absolute Gasteiger partial charge is 0.307 e. The molecule has 0 radical (unpaired) electrons. The fourth-order valence-electron chi connectivity index (χ4n) is 2.55. The van der Waals surface area contributed by atoms with Crippen molar-refractivity contribution in [3.05, 3.63) is 11.8 Å². The van der Waals surface area contributed by atoms with Gasteiger partial charge in [-0.1, -0.05) is 6.92 Å². The van der Waals surface area contributed by atoms with E-state index in [9.17, 15) is 19.2 Å². The molecule has 1 amide bonds. The lowest BCUT2D eigenvalue weighted by molar-refractivity contribution is -0.163. The summed E-state index contributed by atoms with van der Waals surface area (Å²) < 4.78 is 21.4. The topological polar surface area (TPSA) is 117 Å². The number of hydrogen-bond donors (Lipinski definition) is 1. The molecule has 0 aliphatic carbocycles. The zero-order valence-electron chi connectivity index (χ0n) is 15.6. The van der Waals surface area contributed by atoms with E-state index in [1.165, 1.54) is 33.8 Å². The van der Waals surface area contributed by atoms with Crippen LogP contribution >= 0.6 is 0 Å². The minimum absolute atomic E-state index is 0.108. The van der Waals surface area contributed by atoms with Crippen molar-refractivity contribution in [2.24, 2.45) is 0 Å². The van der Waals surface area contributed by atoms with Crippen LogP contribution in [0, 0.1) is 0 Å². The number of hydrogen-bond acceptors (Lipinski definition) is 8. The van der Waals surface area contributed by atoms with Crippen LogP contribution in [0.25, 0.3) is 0 Å².